The van der Waals surface area contributed by atoms with Gasteiger partial charge in [-0.15, -0.1) is 0 Å². The standard InChI is InChI=1S/C13H14ClN3O/c1-13(12(16)18)4-5-17(8-13)11-6-10(14)3-2-9(11)7-15/h2-3,6H,4-5,8H2,1H3,(H2,16,18). The maximum atomic E-state index is 11.4. The highest BCUT2D eigenvalue weighted by Crippen LogP contribution is 2.35. The summed E-state index contributed by atoms with van der Waals surface area (Å²) in [4.78, 5) is 13.4. The third kappa shape index (κ3) is 2.14. The number of carbonyl (C=O) groups is 1. The molecule has 18 heavy (non-hydrogen) atoms. The van der Waals surface area contributed by atoms with Crippen LogP contribution in [-0.4, -0.2) is 19.0 Å². The molecule has 5 heteroatoms. The van der Waals surface area contributed by atoms with E-state index in [1.54, 1.807) is 18.2 Å². The number of nitriles is 1. The first kappa shape index (κ1) is 12.7. The van der Waals surface area contributed by atoms with E-state index < -0.39 is 5.41 Å². The molecule has 1 aliphatic heterocycles. The van der Waals surface area contributed by atoms with Gasteiger partial charge in [0.1, 0.15) is 6.07 Å². The Morgan fingerprint density at radius 2 is 2.33 bits per heavy atom. The molecular formula is C13H14ClN3O. The molecule has 4 nitrogen and oxygen atoms in total. The minimum absolute atomic E-state index is 0.300. The van der Waals surface area contributed by atoms with Crippen LogP contribution in [0.2, 0.25) is 5.02 Å². The molecule has 1 unspecified atom stereocenters. The summed E-state index contributed by atoms with van der Waals surface area (Å²) >= 11 is 5.96. The topological polar surface area (TPSA) is 70.1 Å². The number of primary amides is 1. The van der Waals surface area contributed by atoms with Crippen molar-refractivity contribution in [2.24, 2.45) is 11.1 Å². The predicted octanol–water partition coefficient (Wildman–Crippen LogP) is 1.91. The van der Waals surface area contributed by atoms with E-state index in [0.717, 1.165) is 5.69 Å². The zero-order chi connectivity index (χ0) is 13.3. The Morgan fingerprint density at radius 1 is 1.61 bits per heavy atom. The minimum Gasteiger partial charge on any atom is -0.369 e. The van der Waals surface area contributed by atoms with Gasteiger partial charge in [-0.25, -0.2) is 0 Å². The quantitative estimate of drug-likeness (QED) is 0.886. The number of anilines is 1. The van der Waals surface area contributed by atoms with E-state index in [1.807, 2.05) is 11.8 Å². The lowest BCUT2D eigenvalue weighted by atomic mass is 9.89. The Kier molecular flexibility index (Phi) is 3.18. The van der Waals surface area contributed by atoms with Gasteiger partial charge in [-0.1, -0.05) is 11.6 Å². The molecule has 1 amide bonds. The Balaban J connectivity index is 2.33. The van der Waals surface area contributed by atoms with Crippen LogP contribution in [0.5, 0.6) is 0 Å². The fraction of sp³-hybridized carbons (Fsp3) is 0.385. The molecule has 1 atom stereocenters. The lowest BCUT2D eigenvalue weighted by Gasteiger charge is -2.23. The van der Waals surface area contributed by atoms with E-state index in [4.69, 9.17) is 22.6 Å². The summed E-state index contributed by atoms with van der Waals surface area (Å²) in [6, 6.07) is 7.28. The highest BCUT2D eigenvalue weighted by atomic mass is 35.5. The van der Waals surface area contributed by atoms with Gasteiger partial charge >= 0.3 is 0 Å². The van der Waals surface area contributed by atoms with Gasteiger partial charge in [0.2, 0.25) is 5.91 Å². The first-order chi connectivity index (χ1) is 8.46. The third-order valence-corrected chi connectivity index (χ3v) is 3.72. The molecule has 0 bridgehead atoms. The first-order valence-electron chi connectivity index (χ1n) is 5.71. The number of halogens is 1. The highest BCUT2D eigenvalue weighted by Gasteiger charge is 2.39. The second kappa shape index (κ2) is 4.51. The summed E-state index contributed by atoms with van der Waals surface area (Å²) in [5, 5.41) is 9.68. The molecule has 0 aromatic heterocycles. The van der Waals surface area contributed by atoms with E-state index in [9.17, 15) is 4.79 Å². The van der Waals surface area contributed by atoms with Gasteiger partial charge in [0.05, 0.1) is 16.7 Å². The van der Waals surface area contributed by atoms with Crippen molar-refractivity contribution >= 4 is 23.2 Å². The minimum atomic E-state index is -0.533. The average molecular weight is 264 g/mol. The van der Waals surface area contributed by atoms with Crippen LogP contribution in [0.25, 0.3) is 0 Å². The molecule has 0 saturated carbocycles. The largest absolute Gasteiger partial charge is 0.369 e. The van der Waals surface area contributed by atoms with Gasteiger partial charge < -0.3 is 10.6 Å². The number of amides is 1. The summed E-state index contributed by atoms with van der Waals surface area (Å²) in [5.74, 6) is -0.300. The van der Waals surface area contributed by atoms with Crippen LogP contribution in [-0.2, 0) is 4.79 Å². The Labute approximate surface area is 111 Å². The van der Waals surface area contributed by atoms with Crippen molar-refractivity contribution in [1.82, 2.24) is 0 Å². The third-order valence-electron chi connectivity index (χ3n) is 3.49. The fourth-order valence-electron chi connectivity index (χ4n) is 2.23. The molecule has 1 fully saturated rings. The summed E-state index contributed by atoms with van der Waals surface area (Å²) in [6.45, 7) is 3.08. The fourth-order valence-corrected chi connectivity index (χ4v) is 2.40. The van der Waals surface area contributed by atoms with Crippen molar-refractivity contribution < 1.29 is 4.79 Å². The number of carbonyl (C=O) groups excluding carboxylic acids is 1. The molecule has 1 aromatic rings. The SMILES string of the molecule is CC1(C(N)=O)CCN(c2cc(Cl)ccc2C#N)C1. The normalized spacial score (nSPS) is 22.8. The summed E-state index contributed by atoms with van der Waals surface area (Å²) in [5.41, 5.74) is 6.22. The van der Waals surface area contributed by atoms with Crippen LogP contribution < -0.4 is 10.6 Å². The predicted molar refractivity (Wildman–Crippen MR) is 70.3 cm³/mol. The first-order valence-corrected chi connectivity index (χ1v) is 6.08. The van der Waals surface area contributed by atoms with Crippen LogP contribution in [0.1, 0.15) is 18.9 Å². The lowest BCUT2D eigenvalue weighted by Crippen LogP contribution is -2.37. The van der Waals surface area contributed by atoms with E-state index in [-0.39, 0.29) is 5.91 Å². The van der Waals surface area contributed by atoms with Crippen molar-refractivity contribution in [2.75, 3.05) is 18.0 Å². The van der Waals surface area contributed by atoms with Crippen molar-refractivity contribution in [2.45, 2.75) is 13.3 Å². The maximum absolute atomic E-state index is 11.4. The molecule has 1 heterocycles. The second-order valence-electron chi connectivity index (χ2n) is 4.87. The number of benzene rings is 1. The molecule has 0 spiro atoms. The molecule has 0 radical (unpaired) electrons. The van der Waals surface area contributed by atoms with Gasteiger partial charge in [0.25, 0.3) is 0 Å². The number of rotatable bonds is 2. The number of hydrogen-bond donors (Lipinski definition) is 1. The number of nitrogens with zero attached hydrogens (tertiary/aromatic N) is 2. The maximum Gasteiger partial charge on any atom is 0.225 e. The number of hydrogen-bond acceptors (Lipinski definition) is 3. The van der Waals surface area contributed by atoms with Crippen LogP contribution in [0.3, 0.4) is 0 Å². The average Bonchev–Trinajstić information content (AvgIpc) is 2.73. The van der Waals surface area contributed by atoms with Gasteiger partial charge in [-0.05, 0) is 31.5 Å². The molecule has 1 aliphatic rings. The van der Waals surface area contributed by atoms with Crippen LogP contribution in [0.4, 0.5) is 5.69 Å². The van der Waals surface area contributed by atoms with Gasteiger partial charge in [0.15, 0.2) is 0 Å². The van der Waals surface area contributed by atoms with E-state index in [0.29, 0.717) is 30.1 Å². The smallest absolute Gasteiger partial charge is 0.225 e. The summed E-state index contributed by atoms with van der Waals surface area (Å²) in [6.07, 6.45) is 0.694. The summed E-state index contributed by atoms with van der Waals surface area (Å²) in [7, 11) is 0. The number of nitrogens with two attached hydrogens (primary N) is 1. The summed E-state index contributed by atoms with van der Waals surface area (Å²) < 4.78 is 0. The van der Waals surface area contributed by atoms with E-state index in [2.05, 4.69) is 6.07 Å². The highest BCUT2D eigenvalue weighted by molar-refractivity contribution is 6.30. The molecule has 2 N–H and O–H groups in total. The van der Waals surface area contributed by atoms with Gasteiger partial charge in [0, 0.05) is 18.1 Å². The molecule has 0 aliphatic carbocycles. The second-order valence-corrected chi connectivity index (χ2v) is 5.31. The molecule has 1 saturated heterocycles. The van der Waals surface area contributed by atoms with Crippen molar-refractivity contribution in [3.05, 3.63) is 28.8 Å². The Bertz CT molecular complexity index is 538. The van der Waals surface area contributed by atoms with Crippen molar-refractivity contribution in [3.8, 4) is 6.07 Å². The van der Waals surface area contributed by atoms with Crippen LogP contribution >= 0.6 is 11.6 Å². The van der Waals surface area contributed by atoms with E-state index >= 15 is 0 Å². The Hall–Kier alpha value is -1.73. The molecule has 2 rings (SSSR count). The monoisotopic (exact) mass is 263 g/mol. The van der Waals surface area contributed by atoms with Gasteiger partial charge in [-0.2, -0.15) is 5.26 Å². The molecule has 1 aromatic carbocycles. The van der Waals surface area contributed by atoms with Gasteiger partial charge in [-0.3, -0.25) is 4.79 Å². The van der Waals surface area contributed by atoms with Crippen LogP contribution in [0, 0.1) is 16.7 Å². The van der Waals surface area contributed by atoms with Crippen molar-refractivity contribution in [3.63, 3.8) is 0 Å². The Morgan fingerprint density at radius 3 is 2.89 bits per heavy atom. The molecular weight excluding hydrogens is 250 g/mol. The zero-order valence-corrected chi connectivity index (χ0v) is 10.9. The van der Waals surface area contributed by atoms with Crippen LogP contribution in [0.15, 0.2) is 18.2 Å². The lowest BCUT2D eigenvalue weighted by molar-refractivity contribution is -0.125. The van der Waals surface area contributed by atoms with E-state index in [1.165, 1.54) is 0 Å². The molecule has 94 valence electrons. The zero-order valence-electron chi connectivity index (χ0n) is 10.1. The van der Waals surface area contributed by atoms with Crippen molar-refractivity contribution in [1.29, 1.82) is 5.26 Å².